The normalized spacial score (nSPS) is 25.7. The molecule has 5 atom stereocenters. The first-order chi connectivity index (χ1) is 17.8. The summed E-state index contributed by atoms with van der Waals surface area (Å²) in [6.07, 6.45) is -0.450. The number of imidazole rings is 1. The molecule has 37 heavy (non-hydrogen) atoms. The smallest absolute Gasteiger partial charge is 0.304 e. The molecule has 2 aliphatic rings. The number of carboxylic acid groups (broad SMARTS) is 1. The third kappa shape index (κ3) is 4.37. The van der Waals surface area contributed by atoms with Crippen LogP contribution >= 0.6 is 11.6 Å². The molecule has 1 amide bonds. The first-order valence-electron chi connectivity index (χ1n) is 11.8. The molecule has 0 unspecified atom stereocenters. The van der Waals surface area contributed by atoms with E-state index >= 15 is 0 Å². The molecule has 0 bridgehead atoms. The lowest BCUT2D eigenvalue weighted by Crippen LogP contribution is -2.41. The van der Waals surface area contributed by atoms with Gasteiger partial charge in [0.25, 0.3) is 0 Å². The topological polar surface area (TPSA) is 162 Å². The highest BCUT2D eigenvalue weighted by atomic mass is 35.5. The minimum Gasteiger partial charge on any atom is -0.481 e. The monoisotopic (exact) mass is 524 g/mol. The van der Waals surface area contributed by atoms with Gasteiger partial charge in [-0.3, -0.25) is 9.59 Å². The Labute approximate surface area is 216 Å². The number of rotatable bonds is 7. The Kier molecular flexibility index (Phi) is 6.49. The number of aliphatic carboxylic acids is 1. The number of aliphatic hydroxyl groups excluding tert-OH is 2. The predicted molar refractivity (Wildman–Crippen MR) is 134 cm³/mol. The molecule has 5 N–H and O–H groups in total. The summed E-state index contributed by atoms with van der Waals surface area (Å²) >= 11 is 6.10. The van der Waals surface area contributed by atoms with Crippen molar-refractivity contribution in [3.05, 3.63) is 47.0 Å². The lowest BCUT2D eigenvalue weighted by atomic mass is 9.98. The number of amides is 1. The van der Waals surface area contributed by atoms with Gasteiger partial charge in [-0.15, -0.1) is 0 Å². The van der Waals surface area contributed by atoms with E-state index in [1.165, 1.54) is 13.4 Å². The van der Waals surface area contributed by atoms with Gasteiger partial charge in [-0.1, -0.05) is 29.7 Å². The number of fused-ring (bicyclic) bond motifs is 2. The molecule has 1 aromatic carbocycles. The Morgan fingerprint density at radius 1 is 1.30 bits per heavy atom. The van der Waals surface area contributed by atoms with E-state index in [2.05, 4.69) is 37.4 Å². The SMILES string of the molecule is CNC(=O)[C@]12C[C@@H]1[C@@H](n1cnc3c(NCc4cccc(Cl)c4)nc(C#CCCC(=O)O)nc31)[C@H](O)[C@@H]2O. The number of anilines is 1. The second kappa shape index (κ2) is 9.63. The number of carbonyl (C=O) groups is 2. The van der Waals surface area contributed by atoms with Crippen LogP contribution in [0.15, 0.2) is 30.6 Å². The van der Waals surface area contributed by atoms with Gasteiger partial charge in [0, 0.05) is 31.0 Å². The number of nitrogens with one attached hydrogen (secondary N) is 2. The average molecular weight is 525 g/mol. The maximum Gasteiger partial charge on any atom is 0.304 e. The first-order valence-corrected chi connectivity index (χ1v) is 12.2. The van der Waals surface area contributed by atoms with E-state index in [0.717, 1.165) is 5.56 Å². The number of aliphatic hydroxyl groups is 2. The van der Waals surface area contributed by atoms with Gasteiger partial charge in [0.05, 0.1) is 30.3 Å². The van der Waals surface area contributed by atoms with Crippen molar-refractivity contribution in [2.45, 2.75) is 44.1 Å². The van der Waals surface area contributed by atoms with Crippen LogP contribution in [0.4, 0.5) is 5.82 Å². The fourth-order valence-electron chi connectivity index (χ4n) is 5.24. The van der Waals surface area contributed by atoms with E-state index in [1.807, 2.05) is 18.2 Å². The van der Waals surface area contributed by atoms with Gasteiger partial charge in [0.1, 0.15) is 6.10 Å². The van der Waals surface area contributed by atoms with Crippen molar-refractivity contribution in [3.63, 3.8) is 0 Å². The van der Waals surface area contributed by atoms with E-state index in [4.69, 9.17) is 16.7 Å². The largest absolute Gasteiger partial charge is 0.481 e. The van der Waals surface area contributed by atoms with Crippen molar-refractivity contribution in [1.29, 1.82) is 0 Å². The summed E-state index contributed by atoms with van der Waals surface area (Å²) in [5, 5.41) is 37.0. The fourth-order valence-corrected chi connectivity index (χ4v) is 5.46. The Hall–Kier alpha value is -3.72. The quantitative estimate of drug-likeness (QED) is 0.287. The number of aromatic nitrogens is 4. The molecule has 11 nitrogen and oxygen atoms in total. The second-order valence-electron chi connectivity index (χ2n) is 9.25. The molecule has 3 aromatic rings. The van der Waals surface area contributed by atoms with Crippen LogP contribution < -0.4 is 10.6 Å². The highest BCUT2D eigenvalue weighted by Crippen LogP contribution is 2.67. The first kappa shape index (κ1) is 25.0. The van der Waals surface area contributed by atoms with E-state index in [9.17, 15) is 19.8 Å². The van der Waals surface area contributed by atoms with Crippen LogP contribution in [0.5, 0.6) is 0 Å². The minimum absolute atomic E-state index is 0.109. The average Bonchev–Trinajstić information content (AvgIpc) is 3.41. The molecule has 2 saturated carbocycles. The van der Waals surface area contributed by atoms with E-state index < -0.39 is 29.6 Å². The number of halogens is 1. The van der Waals surface area contributed by atoms with Crippen LogP contribution in [-0.2, 0) is 16.1 Å². The van der Waals surface area contributed by atoms with Gasteiger partial charge in [0.15, 0.2) is 17.0 Å². The zero-order chi connectivity index (χ0) is 26.3. The van der Waals surface area contributed by atoms with Crippen molar-refractivity contribution in [2.75, 3.05) is 12.4 Å². The lowest BCUT2D eigenvalue weighted by Gasteiger charge is -2.23. The van der Waals surface area contributed by atoms with Gasteiger partial charge >= 0.3 is 5.97 Å². The molecule has 192 valence electrons. The van der Waals surface area contributed by atoms with Crippen molar-refractivity contribution in [3.8, 4) is 11.8 Å². The van der Waals surface area contributed by atoms with Crippen LogP contribution in [0.3, 0.4) is 0 Å². The molecule has 0 spiro atoms. The van der Waals surface area contributed by atoms with Crippen LogP contribution in [0.1, 0.15) is 36.7 Å². The van der Waals surface area contributed by atoms with Gasteiger partial charge in [-0.05, 0) is 30.0 Å². The summed E-state index contributed by atoms with van der Waals surface area (Å²) < 4.78 is 1.67. The Morgan fingerprint density at radius 3 is 2.84 bits per heavy atom. The summed E-state index contributed by atoms with van der Waals surface area (Å²) in [4.78, 5) is 36.9. The predicted octanol–water partition coefficient (Wildman–Crippen LogP) is 1.34. The summed E-state index contributed by atoms with van der Waals surface area (Å²) in [6.45, 7) is 0.387. The molecule has 2 heterocycles. The maximum atomic E-state index is 12.5. The molecular weight excluding hydrogens is 500 g/mol. The van der Waals surface area contributed by atoms with Crippen molar-refractivity contribution >= 4 is 40.5 Å². The van der Waals surface area contributed by atoms with Crippen molar-refractivity contribution in [1.82, 2.24) is 24.8 Å². The van der Waals surface area contributed by atoms with Crippen molar-refractivity contribution < 1.29 is 24.9 Å². The van der Waals surface area contributed by atoms with E-state index in [1.54, 1.807) is 10.6 Å². The van der Waals surface area contributed by atoms with Crippen LogP contribution in [0.25, 0.3) is 11.2 Å². The Balaban J connectivity index is 1.52. The van der Waals surface area contributed by atoms with Crippen LogP contribution in [0, 0.1) is 23.2 Å². The molecule has 0 radical (unpaired) electrons. The standard InChI is InChI=1S/C25H25ClN6O5/c1-27-24(37)25-10-15(25)19(20(35)21(25)36)32-12-29-18-22(28-11-13-5-4-6-14(26)9-13)30-16(31-23(18)32)7-2-3-8-17(33)34/h4-6,9,12,15,19-21,35-36H,3,8,10-11H2,1H3,(H,27,37)(H,33,34)(H,28,30,31)/t15-,19-,20+,21+,25-/m1/s1. The fraction of sp³-hybridized carbons (Fsp3) is 0.400. The zero-order valence-electron chi connectivity index (χ0n) is 19.8. The molecular formula is C25H25ClN6O5. The Morgan fingerprint density at radius 2 is 2.11 bits per heavy atom. The molecule has 12 heteroatoms. The summed E-state index contributed by atoms with van der Waals surface area (Å²) in [5.41, 5.74) is 0.672. The number of hydrogen-bond donors (Lipinski definition) is 5. The Bertz CT molecular complexity index is 1450. The molecule has 0 saturated heterocycles. The van der Waals surface area contributed by atoms with Gasteiger partial charge in [-0.25, -0.2) is 15.0 Å². The maximum absolute atomic E-state index is 12.5. The number of carboxylic acids is 1. The van der Waals surface area contributed by atoms with E-state index in [0.29, 0.717) is 35.0 Å². The number of nitrogens with zero attached hydrogens (tertiary/aromatic N) is 4. The van der Waals surface area contributed by atoms with Crippen molar-refractivity contribution in [2.24, 2.45) is 11.3 Å². The zero-order valence-corrected chi connectivity index (χ0v) is 20.6. The van der Waals surface area contributed by atoms with Crippen LogP contribution in [-0.4, -0.2) is 66.0 Å². The highest BCUT2D eigenvalue weighted by Gasteiger charge is 2.75. The summed E-state index contributed by atoms with van der Waals surface area (Å²) in [7, 11) is 1.51. The number of carbonyl (C=O) groups excluding carboxylic acids is 1. The highest BCUT2D eigenvalue weighted by molar-refractivity contribution is 6.30. The van der Waals surface area contributed by atoms with Gasteiger partial charge < -0.3 is 30.5 Å². The summed E-state index contributed by atoms with van der Waals surface area (Å²) in [5.74, 6) is 4.58. The molecule has 0 aliphatic heterocycles. The lowest BCUT2D eigenvalue weighted by molar-refractivity contribution is -0.137. The minimum atomic E-state index is -1.22. The van der Waals surface area contributed by atoms with Crippen LogP contribution in [0.2, 0.25) is 5.02 Å². The molecule has 5 rings (SSSR count). The molecule has 2 fully saturated rings. The molecule has 2 aliphatic carbocycles. The second-order valence-corrected chi connectivity index (χ2v) is 9.69. The number of benzene rings is 1. The van der Waals surface area contributed by atoms with E-state index in [-0.39, 0.29) is 30.5 Å². The summed E-state index contributed by atoms with van der Waals surface area (Å²) in [6, 6.07) is 6.72. The third-order valence-corrected chi connectivity index (χ3v) is 7.31. The van der Waals surface area contributed by atoms with Gasteiger partial charge in [0.2, 0.25) is 11.7 Å². The molecule has 2 aromatic heterocycles. The number of hydrogen-bond acceptors (Lipinski definition) is 8. The van der Waals surface area contributed by atoms with Gasteiger partial charge in [-0.2, -0.15) is 0 Å². The third-order valence-electron chi connectivity index (χ3n) is 7.08.